The second-order valence-electron chi connectivity index (χ2n) is 3.99. The van der Waals surface area contributed by atoms with Gasteiger partial charge in [-0.25, -0.2) is 4.79 Å². The summed E-state index contributed by atoms with van der Waals surface area (Å²) in [7, 11) is 1.65. The van der Waals surface area contributed by atoms with Crippen molar-refractivity contribution < 1.29 is 19.5 Å². The Morgan fingerprint density at radius 2 is 2.28 bits per heavy atom. The molecular weight excluding hydrogens is 240 g/mol. The minimum absolute atomic E-state index is 0.0832. The molecule has 1 aliphatic rings. The van der Waals surface area contributed by atoms with Gasteiger partial charge in [-0.15, -0.1) is 0 Å². The van der Waals surface area contributed by atoms with Crippen molar-refractivity contribution in [1.82, 2.24) is 20.0 Å². The van der Waals surface area contributed by atoms with Crippen LogP contribution in [0.2, 0.25) is 0 Å². The van der Waals surface area contributed by atoms with Gasteiger partial charge in [0, 0.05) is 19.8 Å². The van der Waals surface area contributed by atoms with Crippen LogP contribution in [0.5, 0.6) is 0 Å². The molecule has 8 nitrogen and oxygen atoms in total. The topological polar surface area (TPSA) is 105 Å². The third-order valence-corrected chi connectivity index (χ3v) is 2.68. The zero-order chi connectivity index (χ0) is 13.3. The molecule has 0 spiro atoms. The first-order valence-electron chi connectivity index (χ1n) is 5.28. The van der Waals surface area contributed by atoms with Crippen LogP contribution in [0, 0.1) is 0 Å². The molecule has 0 saturated carbocycles. The first kappa shape index (κ1) is 12.1. The molecule has 2 N–H and O–H groups in total. The number of carbonyl (C=O) groups is 3. The molecule has 1 aliphatic heterocycles. The van der Waals surface area contributed by atoms with E-state index in [1.54, 1.807) is 7.05 Å². The Bertz CT molecular complexity index is 510. The van der Waals surface area contributed by atoms with Crippen molar-refractivity contribution in [3.63, 3.8) is 0 Å². The lowest BCUT2D eigenvalue weighted by molar-refractivity contribution is -0.144. The molecule has 2 heterocycles. The molecule has 18 heavy (non-hydrogen) atoms. The molecule has 0 bridgehead atoms. The average molecular weight is 252 g/mol. The number of nitrogens with one attached hydrogen (secondary N) is 1. The number of amides is 2. The number of piperazine rings is 1. The summed E-state index contributed by atoms with van der Waals surface area (Å²) in [6.07, 6.45) is 2.82. The van der Waals surface area contributed by atoms with Gasteiger partial charge in [-0.3, -0.25) is 14.3 Å². The Balaban J connectivity index is 2.25. The van der Waals surface area contributed by atoms with Gasteiger partial charge in [0.2, 0.25) is 5.91 Å². The minimum Gasteiger partial charge on any atom is -0.480 e. The zero-order valence-corrected chi connectivity index (χ0v) is 9.66. The summed E-state index contributed by atoms with van der Waals surface area (Å²) in [5.74, 6) is -2.03. The number of carbonyl (C=O) groups excluding carboxylic acids is 2. The average Bonchev–Trinajstić information content (AvgIpc) is 2.74. The van der Waals surface area contributed by atoms with Crippen LogP contribution in [-0.2, 0) is 16.6 Å². The van der Waals surface area contributed by atoms with Gasteiger partial charge < -0.3 is 15.3 Å². The Morgan fingerprint density at radius 3 is 2.83 bits per heavy atom. The highest BCUT2D eigenvalue weighted by Gasteiger charge is 2.35. The van der Waals surface area contributed by atoms with Crippen molar-refractivity contribution in [3.8, 4) is 0 Å². The number of hydrogen-bond donors (Lipinski definition) is 2. The van der Waals surface area contributed by atoms with Gasteiger partial charge in [0.1, 0.15) is 12.6 Å². The molecule has 0 aliphatic carbocycles. The van der Waals surface area contributed by atoms with Gasteiger partial charge in [0.15, 0.2) is 0 Å². The number of aliphatic carboxylic acids is 1. The normalized spacial score (nSPS) is 19.5. The van der Waals surface area contributed by atoms with Crippen molar-refractivity contribution in [2.45, 2.75) is 6.04 Å². The monoisotopic (exact) mass is 252 g/mol. The first-order valence-corrected chi connectivity index (χ1v) is 5.28. The fraction of sp³-hybridized carbons (Fsp3) is 0.400. The van der Waals surface area contributed by atoms with Crippen LogP contribution >= 0.6 is 0 Å². The van der Waals surface area contributed by atoms with E-state index in [2.05, 4.69) is 10.4 Å². The Morgan fingerprint density at radius 1 is 1.56 bits per heavy atom. The molecule has 1 fully saturated rings. The molecule has 1 atom stereocenters. The van der Waals surface area contributed by atoms with Crippen LogP contribution in [0.1, 0.15) is 10.4 Å². The van der Waals surface area contributed by atoms with Crippen LogP contribution in [0.15, 0.2) is 12.4 Å². The van der Waals surface area contributed by atoms with Gasteiger partial charge in [-0.05, 0) is 0 Å². The molecule has 0 radical (unpaired) electrons. The summed E-state index contributed by atoms with van der Waals surface area (Å²) in [5, 5.41) is 15.3. The van der Waals surface area contributed by atoms with Crippen LogP contribution < -0.4 is 5.32 Å². The number of aromatic nitrogens is 2. The fourth-order valence-corrected chi connectivity index (χ4v) is 1.77. The van der Waals surface area contributed by atoms with Gasteiger partial charge in [-0.1, -0.05) is 0 Å². The number of hydrogen-bond acceptors (Lipinski definition) is 4. The van der Waals surface area contributed by atoms with E-state index >= 15 is 0 Å². The van der Waals surface area contributed by atoms with Crippen molar-refractivity contribution >= 4 is 17.8 Å². The molecule has 1 aromatic heterocycles. The van der Waals surface area contributed by atoms with E-state index in [1.807, 2.05) is 0 Å². The summed E-state index contributed by atoms with van der Waals surface area (Å²) < 4.78 is 1.44. The highest BCUT2D eigenvalue weighted by atomic mass is 16.4. The SMILES string of the molecule is Cn1cc(C(=O)N2CC(=O)NCC2C(=O)O)cn1. The van der Waals surface area contributed by atoms with E-state index in [0.29, 0.717) is 0 Å². The van der Waals surface area contributed by atoms with E-state index in [4.69, 9.17) is 5.11 Å². The van der Waals surface area contributed by atoms with Gasteiger partial charge in [-0.2, -0.15) is 5.10 Å². The van der Waals surface area contributed by atoms with E-state index < -0.39 is 17.9 Å². The van der Waals surface area contributed by atoms with Crippen LogP contribution in [-0.4, -0.2) is 56.7 Å². The van der Waals surface area contributed by atoms with Gasteiger partial charge >= 0.3 is 5.97 Å². The Labute approximate surface area is 102 Å². The maximum Gasteiger partial charge on any atom is 0.328 e. The maximum absolute atomic E-state index is 12.1. The molecule has 1 aromatic rings. The quantitative estimate of drug-likeness (QED) is 0.662. The molecule has 1 unspecified atom stereocenters. The van der Waals surface area contributed by atoms with E-state index in [9.17, 15) is 14.4 Å². The second-order valence-corrected chi connectivity index (χ2v) is 3.99. The van der Waals surface area contributed by atoms with Crippen molar-refractivity contribution in [2.24, 2.45) is 7.05 Å². The second kappa shape index (κ2) is 4.47. The van der Waals surface area contributed by atoms with E-state index in [1.165, 1.54) is 17.1 Å². The third kappa shape index (κ3) is 2.17. The van der Waals surface area contributed by atoms with E-state index in [0.717, 1.165) is 4.90 Å². The Hall–Kier alpha value is -2.38. The summed E-state index contributed by atoms with van der Waals surface area (Å²) in [5.41, 5.74) is 0.262. The third-order valence-electron chi connectivity index (χ3n) is 2.68. The zero-order valence-electron chi connectivity index (χ0n) is 9.66. The standard InChI is InChI=1S/C10H12N4O4/c1-13-4-6(2-12-13)9(16)14-5-8(15)11-3-7(14)10(17)18/h2,4,7H,3,5H2,1H3,(H,11,15)(H,17,18). The molecule has 8 heteroatoms. The molecule has 2 rings (SSSR count). The smallest absolute Gasteiger partial charge is 0.328 e. The molecule has 96 valence electrons. The predicted octanol–water partition coefficient (Wildman–Crippen LogP) is -1.55. The summed E-state index contributed by atoms with van der Waals surface area (Å²) in [4.78, 5) is 35.5. The highest BCUT2D eigenvalue weighted by Crippen LogP contribution is 2.10. The largest absolute Gasteiger partial charge is 0.480 e. The summed E-state index contributed by atoms with van der Waals surface area (Å²) >= 11 is 0. The lowest BCUT2D eigenvalue weighted by Crippen LogP contribution is -2.59. The molecule has 2 amide bonds. The Kier molecular flexibility index (Phi) is 3.00. The van der Waals surface area contributed by atoms with Crippen molar-refractivity contribution in [3.05, 3.63) is 18.0 Å². The summed E-state index contributed by atoms with van der Waals surface area (Å²) in [6, 6.07) is -1.05. The maximum atomic E-state index is 12.1. The molecule has 0 aromatic carbocycles. The number of aryl methyl sites for hydroxylation is 1. The summed E-state index contributed by atoms with van der Waals surface area (Å²) in [6.45, 7) is -0.342. The van der Waals surface area contributed by atoms with Crippen LogP contribution in [0.4, 0.5) is 0 Å². The van der Waals surface area contributed by atoms with Crippen molar-refractivity contribution in [2.75, 3.05) is 13.1 Å². The van der Waals surface area contributed by atoms with E-state index in [-0.39, 0.29) is 24.6 Å². The number of carboxylic acids is 1. The first-order chi connectivity index (χ1) is 8.49. The van der Waals surface area contributed by atoms with Crippen molar-refractivity contribution in [1.29, 1.82) is 0 Å². The lowest BCUT2D eigenvalue weighted by atomic mass is 10.1. The molecule has 1 saturated heterocycles. The van der Waals surface area contributed by atoms with Crippen LogP contribution in [0.3, 0.4) is 0 Å². The number of rotatable bonds is 2. The minimum atomic E-state index is -1.15. The fourth-order valence-electron chi connectivity index (χ4n) is 1.77. The number of nitrogens with zero attached hydrogens (tertiary/aromatic N) is 3. The highest BCUT2D eigenvalue weighted by molar-refractivity contribution is 5.99. The molecular formula is C10H12N4O4. The van der Waals surface area contributed by atoms with Gasteiger partial charge in [0.25, 0.3) is 5.91 Å². The van der Waals surface area contributed by atoms with Crippen LogP contribution in [0.25, 0.3) is 0 Å². The predicted molar refractivity (Wildman–Crippen MR) is 58.7 cm³/mol. The lowest BCUT2D eigenvalue weighted by Gasteiger charge is -2.32. The van der Waals surface area contributed by atoms with Gasteiger partial charge in [0.05, 0.1) is 11.8 Å². The number of carboxylic acid groups (broad SMARTS) is 1.